The van der Waals surface area contributed by atoms with E-state index in [-0.39, 0.29) is 18.0 Å². The quantitative estimate of drug-likeness (QED) is 0.229. The number of hydrogen-bond acceptors (Lipinski definition) is 5. The Morgan fingerprint density at radius 1 is 1.05 bits per heavy atom. The Labute approximate surface area is 236 Å². The molecule has 0 bridgehead atoms. The minimum Gasteiger partial charge on any atom is -0.352 e. The molecule has 0 saturated carbocycles. The van der Waals surface area contributed by atoms with Crippen LogP contribution >= 0.6 is 23.6 Å². The maximum absolute atomic E-state index is 13.0. The number of hydrogen-bond donors (Lipinski definition) is 2. The van der Waals surface area contributed by atoms with Gasteiger partial charge in [0.1, 0.15) is 0 Å². The number of carbonyl (C=O) groups excluding carboxylic acids is 1. The number of nitrogens with one attached hydrogen (secondary N) is 2. The first-order valence-electron chi connectivity index (χ1n) is 13.0. The predicted octanol–water partition coefficient (Wildman–Crippen LogP) is 6.05. The largest absolute Gasteiger partial charge is 0.352 e. The molecule has 5 aromatic rings. The molecule has 6 rings (SSSR count). The topological polar surface area (TPSA) is 75.1 Å². The molecule has 0 radical (unpaired) electrons. The molecule has 4 heterocycles. The molecular weight excluding hydrogens is 525 g/mol. The molecule has 196 valence electrons. The summed E-state index contributed by atoms with van der Waals surface area (Å²) in [6, 6.07) is 25.8. The highest BCUT2D eigenvalue weighted by Gasteiger charge is 2.41. The summed E-state index contributed by atoms with van der Waals surface area (Å²) in [5.41, 5.74) is 4.88. The van der Waals surface area contributed by atoms with E-state index in [0.717, 1.165) is 44.4 Å². The molecule has 1 aliphatic heterocycles. The molecule has 1 aliphatic rings. The number of thiazole rings is 1. The molecule has 9 heteroatoms. The number of nitrogens with zero attached hydrogens (tertiary/aromatic N) is 4. The van der Waals surface area contributed by atoms with E-state index in [0.29, 0.717) is 18.1 Å². The Kier molecular flexibility index (Phi) is 7.08. The fraction of sp³-hybridized carbons (Fsp3) is 0.200. The molecule has 0 aliphatic carbocycles. The van der Waals surface area contributed by atoms with Crippen LogP contribution in [0.3, 0.4) is 0 Å². The summed E-state index contributed by atoms with van der Waals surface area (Å²) >= 11 is 7.49. The number of aryl methyl sites for hydroxylation is 1. The molecule has 1 saturated heterocycles. The Balaban J connectivity index is 1.31. The van der Waals surface area contributed by atoms with Crippen LogP contribution in [0.15, 0.2) is 91.3 Å². The molecule has 7 nitrogen and oxygen atoms in total. The molecule has 2 aromatic carbocycles. The van der Waals surface area contributed by atoms with E-state index < -0.39 is 0 Å². The zero-order valence-electron chi connectivity index (χ0n) is 21.4. The maximum Gasteiger partial charge on any atom is 0.226 e. The number of pyridine rings is 1. The molecule has 2 N–H and O–H groups in total. The van der Waals surface area contributed by atoms with Crippen LogP contribution in [-0.2, 0) is 11.2 Å². The van der Waals surface area contributed by atoms with Crippen LogP contribution in [0.5, 0.6) is 0 Å². The van der Waals surface area contributed by atoms with Crippen LogP contribution < -0.4 is 10.6 Å². The number of carbonyl (C=O) groups is 1. The average molecular weight is 553 g/mol. The number of rotatable bonds is 8. The van der Waals surface area contributed by atoms with Crippen molar-refractivity contribution < 1.29 is 4.79 Å². The van der Waals surface area contributed by atoms with Crippen LogP contribution in [-0.4, -0.2) is 37.0 Å². The van der Waals surface area contributed by atoms with Gasteiger partial charge < -0.3 is 15.5 Å². The van der Waals surface area contributed by atoms with Crippen molar-refractivity contribution in [3.05, 3.63) is 108 Å². The van der Waals surface area contributed by atoms with Crippen molar-refractivity contribution in [1.82, 2.24) is 24.8 Å². The molecule has 0 unspecified atom stereocenters. The van der Waals surface area contributed by atoms with Gasteiger partial charge in [0.25, 0.3) is 0 Å². The second kappa shape index (κ2) is 11.0. The fourth-order valence-electron chi connectivity index (χ4n) is 5.13. The summed E-state index contributed by atoms with van der Waals surface area (Å²) in [6.07, 6.45) is 4.99. The third kappa shape index (κ3) is 5.03. The number of aromatic nitrogens is 3. The number of fused-ring (bicyclic) bond motifs is 1. The van der Waals surface area contributed by atoms with E-state index in [4.69, 9.17) is 17.2 Å². The first-order chi connectivity index (χ1) is 19.1. The number of para-hydroxylation sites is 2. The SMILES string of the molecule is CCc1ccccc1NC(=O)CCN1C(=S)N[C@H](c2ccccn2)[C@H]1c1cccn1-c1nc2ccccc2s1. The lowest BCUT2D eigenvalue weighted by Gasteiger charge is -2.28. The molecule has 39 heavy (non-hydrogen) atoms. The smallest absolute Gasteiger partial charge is 0.226 e. The third-order valence-electron chi connectivity index (χ3n) is 7.02. The van der Waals surface area contributed by atoms with Crippen LogP contribution in [0.25, 0.3) is 15.3 Å². The zero-order valence-corrected chi connectivity index (χ0v) is 23.1. The highest BCUT2D eigenvalue weighted by Crippen LogP contribution is 2.40. The zero-order chi connectivity index (χ0) is 26.8. The summed E-state index contributed by atoms with van der Waals surface area (Å²) in [5, 5.41) is 8.08. The minimum atomic E-state index is -0.176. The van der Waals surface area contributed by atoms with Crippen molar-refractivity contribution in [1.29, 1.82) is 0 Å². The summed E-state index contributed by atoms with van der Waals surface area (Å²) in [5.74, 6) is -0.0414. The molecular formula is C30H28N6OS2. The Bertz CT molecular complexity index is 1600. The van der Waals surface area contributed by atoms with Gasteiger partial charge in [0.2, 0.25) is 5.91 Å². The van der Waals surface area contributed by atoms with Gasteiger partial charge in [-0.15, -0.1) is 0 Å². The van der Waals surface area contributed by atoms with E-state index in [2.05, 4.69) is 44.1 Å². The predicted molar refractivity (Wildman–Crippen MR) is 160 cm³/mol. The normalized spacial score (nSPS) is 16.9. The van der Waals surface area contributed by atoms with Crippen molar-refractivity contribution in [3.8, 4) is 5.13 Å². The lowest BCUT2D eigenvalue weighted by atomic mass is 10.0. The highest BCUT2D eigenvalue weighted by molar-refractivity contribution is 7.80. The molecule has 2 atom stereocenters. The first kappa shape index (κ1) is 25.2. The van der Waals surface area contributed by atoms with E-state index >= 15 is 0 Å². The van der Waals surface area contributed by atoms with Crippen LogP contribution in [0.2, 0.25) is 0 Å². The molecule has 3 aromatic heterocycles. The highest BCUT2D eigenvalue weighted by atomic mass is 32.1. The fourth-order valence-corrected chi connectivity index (χ4v) is 6.43. The van der Waals surface area contributed by atoms with Crippen molar-refractivity contribution in [2.75, 3.05) is 11.9 Å². The first-order valence-corrected chi connectivity index (χ1v) is 14.2. The second-order valence-electron chi connectivity index (χ2n) is 9.40. The van der Waals surface area contributed by atoms with Gasteiger partial charge in [-0.1, -0.05) is 54.7 Å². The van der Waals surface area contributed by atoms with Gasteiger partial charge in [-0.25, -0.2) is 4.98 Å². The summed E-state index contributed by atoms with van der Waals surface area (Å²) in [4.78, 5) is 24.7. The van der Waals surface area contributed by atoms with Crippen LogP contribution in [0, 0.1) is 0 Å². The standard InChI is InChI=1S/C30H28N6OS2/c1-2-20-10-3-4-11-21(20)32-26(37)16-19-36-28(27(34-29(36)38)23-13-7-8-17-31-23)24-14-9-18-35(24)30-33-22-12-5-6-15-25(22)39-30/h3-15,17-18,27-28H,2,16,19H2,1H3,(H,32,37)(H,34,38)/t27-,28-/m1/s1. The summed E-state index contributed by atoms with van der Waals surface area (Å²) in [6.45, 7) is 2.55. The van der Waals surface area contributed by atoms with Crippen molar-refractivity contribution in [2.24, 2.45) is 0 Å². The van der Waals surface area contributed by atoms with Crippen LogP contribution in [0.4, 0.5) is 5.69 Å². The lowest BCUT2D eigenvalue weighted by Crippen LogP contribution is -2.33. The molecule has 1 amide bonds. The Morgan fingerprint density at radius 3 is 2.69 bits per heavy atom. The van der Waals surface area contributed by atoms with Gasteiger partial charge in [-0.2, -0.15) is 0 Å². The summed E-state index contributed by atoms with van der Waals surface area (Å²) < 4.78 is 3.26. The van der Waals surface area contributed by atoms with E-state index in [1.165, 1.54) is 0 Å². The summed E-state index contributed by atoms with van der Waals surface area (Å²) in [7, 11) is 0. The average Bonchev–Trinajstić information content (AvgIpc) is 3.69. The van der Waals surface area contributed by atoms with Gasteiger partial charge in [-0.3, -0.25) is 14.3 Å². The van der Waals surface area contributed by atoms with E-state index in [9.17, 15) is 4.79 Å². The Hall–Kier alpha value is -4.08. The second-order valence-corrected chi connectivity index (χ2v) is 10.8. The van der Waals surface area contributed by atoms with Gasteiger partial charge in [-0.05, 0) is 66.7 Å². The van der Waals surface area contributed by atoms with Crippen molar-refractivity contribution >= 4 is 50.5 Å². The van der Waals surface area contributed by atoms with E-state index in [1.54, 1.807) is 17.5 Å². The Morgan fingerprint density at radius 2 is 1.87 bits per heavy atom. The lowest BCUT2D eigenvalue weighted by molar-refractivity contribution is -0.116. The van der Waals surface area contributed by atoms with Crippen LogP contribution in [0.1, 0.15) is 42.4 Å². The number of anilines is 1. The van der Waals surface area contributed by atoms with Crippen molar-refractivity contribution in [3.63, 3.8) is 0 Å². The van der Waals surface area contributed by atoms with Gasteiger partial charge in [0.15, 0.2) is 10.2 Å². The van der Waals surface area contributed by atoms with Gasteiger partial charge >= 0.3 is 0 Å². The number of thiocarbonyl (C=S) groups is 1. The monoisotopic (exact) mass is 552 g/mol. The maximum atomic E-state index is 13.0. The number of benzene rings is 2. The molecule has 0 spiro atoms. The van der Waals surface area contributed by atoms with Gasteiger partial charge in [0.05, 0.1) is 33.7 Å². The number of amides is 1. The van der Waals surface area contributed by atoms with Crippen molar-refractivity contribution in [2.45, 2.75) is 31.8 Å². The minimum absolute atomic E-state index is 0.0414. The van der Waals surface area contributed by atoms with E-state index in [1.807, 2.05) is 72.9 Å². The van der Waals surface area contributed by atoms with Gasteiger partial charge in [0, 0.05) is 31.0 Å². The third-order valence-corrected chi connectivity index (χ3v) is 8.41. The molecule has 1 fully saturated rings.